The average molecular weight is 425 g/mol. The lowest BCUT2D eigenvalue weighted by molar-refractivity contribution is -0.353. The molecule has 0 bridgehead atoms. The van der Waals surface area contributed by atoms with E-state index in [1.807, 2.05) is 10.8 Å². The molecule has 0 saturated heterocycles. The van der Waals surface area contributed by atoms with Crippen molar-refractivity contribution in [3.8, 4) is 0 Å². The Morgan fingerprint density at radius 1 is 0.783 bits per heavy atom. The van der Waals surface area contributed by atoms with Gasteiger partial charge >= 0.3 is 0 Å². The molecule has 0 aliphatic carbocycles. The highest BCUT2D eigenvalue weighted by atomic mass is 33.7. The third-order valence-electron chi connectivity index (χ3n) is 3.17. The van der Waals surface area contributed by atoms with Crippen molar-refractivity contribution in [2.45, 2.75) is 29.7 Å². The Bertz CT molecular complexity index is 278. The topological polar surface area (TPSA) is 55.4 Å². The van der Waals surface area contributed by atoms with Gasteiger partial charge in [-0.05, 0) is 19.7 Å². The van der Waals surface area contributed by atoms with Crippen LogP contribution < -0.4 is 0 Å². The fourth-order valence-corrected chi connectivity index (χ4v) is 10.9. The Morgan fingerprint density at radius 3 is 1.70 bits per heavy atom. The van der Waals surface area contributed by atoms with Gasteiger partial charge in [-0.15, -0.1) is 0 Å². The minimum atomic E-state index is -0.944. The Hall–Kier alpha value is 1.38. The number of hydrogen-bond acceptors (Lipinski definition) is 10. The van der Waals surface area contributed by atoms with Gasteiger partial charge in [0.25, 0.3) is 11.9 Å². The van der Waals surface area contributed by atoms with Gasteiger partial charge in [-0.2, -0.15) is 0 Å². The molecule has 0 aromatic rings. The molecule has 11 heteroatoms. The van der Waals surface area contributed by atoms with Crippen molar-refractivity contribution in [3.63, 3.8) is 0 Å². The van der Waals surface area contributed by atoms with E-state index in [-0.39, 0.29) is 0 Å². The summed E-state index contributed by atoms with van der Waals surface area (Å²) in [7, 11) is 17.6. The van der Waals surface area contributed by atoms with Crippen LogP contribution in [-0.2, 0) is 28.4 Å². The van der Waals surface area contributed by atoms with Crippen LogP contribution in [0.25, 0.3) is 0 Å². The molecule has 1 atom stereocenters. The van der Waals surface area contributed by atoms with Crippen molar-refractivity contribution >= 4 is 51.5 Å². The Morgan fingerprint density at radius 2 is 1.26 bits per heavy atom. The van der Waals surface area contributed by atoms with Crippen LogP contribution in [0.4, 0.5) is 0 Å². The predicted octanol–water partition coefficient (Wildman–Crippen LogP) is 2.32. The summed E-state index contributed by atoms with van der Waals surface area (Å²) in [5, 5.41) is 0. The van der Waals surface area contributed by atoms with Crippen LogP contribution in [-0.4, -0.2) is 75.5 Å². The molecule has 0 aliphatic rings. The first-order valence-corrected chi connectivity index (χ1v) is 13.1. The summed E-state index contributed by atoms with van der Waals surface area (Å²) in [6, 6.07) is 0. The highest BCUT2D eigenvalue weighted by Crippen LogP contribution is 2.46. The second-order valence-electron chi connectivity index (χ2n) is 4.41. The largest absolute Gasteiger partial charge is 0.331 e. The maximum absolute atomic E-state index is 5.33. The summed E-state index contributed by atoms with van der Waals surface area (Å²) in [5.41, 5.74) is 0. The molecule has 0 aromatic carbocycles. The summed E-state index contributed by atoms with van der Waals surface area (Å²) in [5.74, 6) is -1.02. The molecule has 6 nitrogen and oxygen atoms in total. The van der Waals surface area contributed by atoms with Gasteiger partial charge in [0.1, 0.15) is 0 Å². The zero-order valence-electron chi connectivity index (χ0n) is 14.8. The molecule has 0 aliphatic heterocycles. The SMILES string of the molecule is COC(CCSSSSC([SiH3])CC(OC)(OC)OC)(OC)OC. The van der Waals surface area contributed by atoms with Crippen LogP contribution in [0.2, 0.25) is 0 Å². The van der Waals surface area contributed by atoms with E-state index in [1.54, 1.807) is 73.1 Å². The lowest BCUT2D eigenvalue weighted by atomic mass is 10.4. The van der Waals surface area contributed by atoms with E-state index in [1.165, 1.54) is 0 Å². The molecule has 0 heterocycles. The molecule has 0 fully saturated rings. The van der Waals surface area contributed by atoms with Crippen molar-refractivity contribution in [1.29, 1.82) is 0 Å². The monoisotopic (exact) mass is 424 g/mol. The zero-order chi connectivity index (χ0) is 17.8. The van der Waals surface area contributed by atoms with Gasteiger partial charge in [0, 0.05) is 76.4 Å². The molecule has 23 heavy (non-hydrogen) atoms. The summed E-state index contributed by atoms with van der Waals surface area (Å²) in [6.07, 6.45) is 1.36. The molecule has 0 radical (unpaired) electrons. The zero-order valence-corrected chi connectivity index (χ0v) is 20.0. The summed E-state index contributed by atoms with van der Waals surface area (Å²) in [4.78, 5) is 0.448. The van der Waals surface area contributed by atoms with Gasteiger partial charge in [-0.3, -0.25) is 0 Å². The van der Waals surface area contributed by atoms with Crippen molar-refractivity contribution in [1.82, 2.24) is 0 Å². The standard InChI is InChI=1S/C12H28O6S4Si/c1-13-11(14-2,15-3)7-8-19-21-22-20-10(23)9-12(16-4,17-5)18-6/h10H,7-9H2,1-6,23H3. The third kappa shape index (κ3) is 9.04. The fraction of sp³-hybridized carbons (Fsp3) is 1.00. The van der Waals surface area contributed by atoms with Gasteiger partial charge in [0.2, 0.25) is 0 Å². The van der Waals surface area contributed by atoms with Gasteiger partial charge in [0.05, 0.1) is 0 Å². The van der Waals surface area contributed by atoms with Gasteiger partial charge in [-0.1, -0.05) is 21.6 Å². The molecule has 0 N–H and O–H groups in total. The van der Waals surface area contributed by atoms with Crippen LogP contribution in [0, 0.1) is 0 Å². The smallest absolute Gasteiger partial charge is 0.282 e. The Labute approximate surface area is 157 Å². The molecular weight excluding hydrogens is 396 g/mol. The van der Waals surface area contributed by atoms with E-state index in [2.05, 4.69) is 0 Å². The van der Waals surface area contributed by atoms with Crippen molar-refractivity contribution in [2.75, 3.05) is 48.4 Å². The normalized spacial score (nSPS) is 14.3. The minimum absolute atomic E-state index is 0.448. The third-order valence-corrected chi connectivity index (χ3v) is 12.2. The minimum Gasteiger partial charge on any atom is -0.331 e. The second-order valence-corrected chi connectivity index (χ2v) is 13.1. The van der Waals surface area contributed by atoms with E-state index in [9.17, 15) is 0 Å². The lowest BCUT2D eigenvalue weighted by Crippen LogP contribution is -2.38. The highest BCUT2D eigenvalue weighted by molar-refractivity contribution is 9.26. The van der Waals surface area contributed by atoms with E-state index >= 15 is 0 Å². The highest BCUT2D eigenvalue weighted by Gasteiger charge is 2.32. The van der Waals surface area contributed by atoms with Gasteiger partial charge in [0.15, 0.2) is 0 Å². The Kier molecular flexibility index (Phi) is 14.4. The first-order chi connectivity index (χ1) is 11.0. The quantitative estimate of drug-likeness (QED) is 0.169. The molecule has 0 amide bonds. The summed E-state index contributed by atoms with van der Waals surface area (Å²) in [6.45, 7) is 0. The molecule has 0 aromatic heterocycles. The van der Waals surface area contributed by atoms with Gasteiger partial charge in [-0.25, -0.2) is 0 Å². The molecule has 140 valence electrons. The molecule has 0 spiro atoms. The predicted molar refractivity (Wildman–Crippen MR) is 106 cm³/mol. The molecular formula is C12H28O6S4Si. The van der Waals surface area contributed by atoms with Crippen molar-refractivity contribution in [3.05, 3.63) is 0 Å². The maximum Gasteiger partial charge on any atom is 0.282 e. The van der Waals surface area contributed by atoms with Crippen LogP contribution in [0.3, 0.4) is 0 Å². The second kappa shape index (κ2) is 13.6. The maximum atomic E-state index is 5.33. The molecule has 1 unspecified atom stereocenters. The molecule has 0 saturated carbocycles. The number of methoxy groups -OCH3 is 6. The summed E-state index contributed by atoms with van der Waals surface area (Å²) < 4.78 is 31.8. The Balaban J connectivity index is 3.91. The number of ether oxygens (including phenoxy) is 6. The van der Waals surface area contributed by atoms with E-state index in [0.29, 0.717) is 17.7 Å². The first kappa shape index (κ1) is 24.4. The van der Waals surface area contributed by atoms with E-state index in [0.717, 1.165) is 16.0 Å². The number of rotatable bonds is 15. The number of hydrogen-bond donors (Lipinski definition) is 0. The average Bonchev–Trinajstić information content (AvgIpc) is 2.60. The summed E-state index contributed by atoms with van der Waals surface area (Å²) >= 11 is 0. The first-order valence-electron chi connectivity index (χ1n) is 6.89. The van der Waals surface area contributed by atoms with Crippen LogP contribution in [0.1, 0.15) is 12.8 Å². The van der Waals surface area contributed by atoms with Crippen LogP contribution in [0.15, 0.2) is 0 Å². The van der Waals surface area contributed by atoms with E-state index in [4.69, 9.17) is 28.4 Å². The fourth-order valence-electron chi connectivity index (χ4n) is 1.75. The molecule has 0 rings (SSSR count). The van der Waals surface area contributed by atoms with Crippen LogP contribution >= 0.6 is 41.2 Å². The van der Waals surface area contributed by atoms with Gasteiger partial charge < -0.3 is 28.4 Å². The van der Waals surface area contributed by atoms with Crippen LogP contribution in [0.5, 0.6) is 0 Å². The van der Waals surface area contributed by atoms with Crippen molar-refractivity contribution < 1.29 is 28.4 Å². The van der Waals surface area contributed by atoms with Crippen molar-refractivity contribution in [2.24, 2.45) is 0 Å². The van der Waals surface area contributed by atoms with E-state index < -0.39 is 11.9 Å². The lowest BCUT2D eigenvalue weighted by Gasteiger charge is -2.30.